The number of hydrogen-bond acceptors (Lipinski definition) is 3. The molecule has 3 aromatic rings. The van der Waals surface area contributed by atoms with Crippen molar-refractivity contribution in [1.82, 2.24) is 4.90 Å². The van der Waals surface area contributed by atoms with Gasteiger partial charge in [-0.15, -0.1) is 0 Å². The fourth-order valence-corrected chi connectivity index (χ4v) is 6.08. The summed E-state index contributed by atoms with van der Waals surface area (Å²) in [5, 5.41) is 0. The van der Waals surface area contributed by atoms with Crippen molar-refractivity contribution >= 4 is 0 Å². The lowest BCUT2D eigenvalue weighted by Gasteiger charge is -2.50. The van der Waals surface area contributed by atoms with Gasteiger partial charge in [-0.1, -0.05) is 54.6 Å². The van der Waals surface area contributed by atoms with Crippen LogP contribution in [0.4, 0.5) is 0 Å². The van der Waals surface area contributed by atoms with Crippen molar-refractivity contribution in [3.63, 3.8) is 0 Å². The summed E-state index contributed by atoms with van der Waals surface area (Å²) in [6.07, 6.45) is 6.56. The number of methoxy groups -OCH3 is 1. The minimum absolute atomic E-state index is 0.254. The summed E-state index contributed by atoms with van der Waals surface area (Å²) in [6.45, 7) is 7.67. The van der Waals surface area contributed by atoms with Gasteiger partial charge in [0.15, 0.2) is 0 Å². The summed E-state index contributed by atoms with van der Waals surface area (Å²) in [4.78, 5) is 2.53. The Morgan fingerprint density at radius 3 is 2.29 bits per heavy atom. The molecule has 2 heterocycles. The summed E-state index contributed by atoms with van der Waals surface area (Å²) < 4.78 is 11.6. The van der Waals surface area contributed by atoms with Gasteiger partial charge in [0.1, 0.15) is 11.5 Å². The number of ether oxygens (including phenoxy) is 2. The molecule has 35 heavy (non-hydrogen) atoms. The van der Waals surface area contributed by atoms with E-state index in [9.17, 15) is 0 Å². The molecule has 2 aliphatic heterocycles. The first-order valence-electron chi connectivity index (χ1n) is 13.4. The van der Waals surface area contributed by atoms with Gasteiger partial charge in [-0.2, -0.15) is 0 Å². The molecular weight excluding hydrogens is 430 g/mol. The molecule has 1 aliphatic carbocycles. The van der Waals surface area contributed by atoms with Gasteiger partial charge in [0.2, 0.25) is 0 Å². The van der Waals surface area contributed by atoms with Crippen LogP contribution in [0.2, 0.25) is 0 Å². The Hall–Kier alpha value is -2.78. The Balaban J connectivity index is 0.000000362. The Morgan fingerprint density at radius 1 is 0.914 bits per heavy atom. The molecule has 6 rings (SSSR count). The van der Waals surface area contributed by atoms with E-state index in [0.29, 0.717) is 12.5 Å². The third-order valence-corrected chi connectivity index (χ3v) is 8.17. The largest absolute Gasteiger partial charge is 0.497 e. The normalized spacial score (nSPS) is 19.7. The summed E-state index contributed by atoms with van der Waals surface area (Å²) in [6, 6.07) is 25.2. The smallest absolute Gasteiger partial charge is 0.126 e. The van der Waals surface area contributed by atoms with Gasteiger partial charge in [-0.25, -0.2) is 0 Å². The van der Waals surface area contributed by atoms with E-state index in [0.717, 1.165) is 17.5 Å². The van der Waals surface area contributed by atoms with E-state index >= 15 is 0 Å². The number of para-hydroxylation sites is 1. The van der Waals surface area contributed by atoms with Crippen molar-refractivity contribution in [2.75, 3.05) is 26.8 Å². The predicted octanol–water partition coefficient (Wildman–Crippen LogP) is 7.12. The molecule has 0 aromatic heterocycles. The minimum atomic E-state index is 0.254. The lowest BCUT2D eigenvalue weighted by molar-refractivity contribution is -0.00222. The zero-order valence-electron chi connectivity index (χ0n) is 21.5. The van der Waals surface area contributed by atoms with Crippen LogP contribution >= 0.6 is 0 Å². The van der Waals surface area contributed by atoms with Crippen LogP contribution < -0.4 is 9.47 Å². The standard InChI is InChI=1S/C27H30O2.C5H9N/c1-4-29-27-19(2)9-7-14-25(27)26(21-15-17-22(28-3)18-16-21)24-13-8-11-20-10-5-6-12-23(20)24;1-3-6-4-2-5(1)6/h5-7,9-10,12,14-18,24,26H,4,8,11,13H2,1-3H3;5H,1-4H2. The van der Waals surface area contributed by atoms with Gasteiger partial charge in [0, 0.05) is 17.5 Å². The van der Waals surface area contributed by atoms with Crippen LogP contribution in [0.25, 0.3) is 0 Å². The summed E-state index contributed by atoms with van der Waals surface area (Å²) in [5.74, 6) is 2.63. The van der Waals surface area contributed by atoms with Crippen LogP contribution in [0, 0.1) is 6.92 Å². The van der Waals surface area contributed by atoms with Gasteiger partial charge in [-0.05, 0) is 99.3 Å². The van der Waals surface area contributed by atoms with Gasteiger partial charge >= 0.3 is 0 Å². The predicted molar refractivity (Wildman–Crippen MR) is 144 cm³/mol. The molecule has 3 heteroatoms. The maximum Gasteiger partial charge on any atom is 0.126 e. The van der Waals surface area contributed by atoms with Crippen LogP contribution in [0.3, 0.4) is 0 Å². The van der Waals surface area contributed by atoms with Crippen molar-refractivity contribution in [2.24, 2.45) is 0 Å². The van der Waals surface area contributed by atoms with Crippen LogP contribution in [-0.4, -0.2) is 37.7 Å². The lowest BCUT2D eigenvalue weighted by Crippen LogP contribution is -2.57. The zero-order valence-corrected chi connectivity index (χ0v) is 21.5. The number of nitrogens with zero attached hydrogens (tertiary/aromatic N) is 1. The molecule has 0 radical (unpaired) electrons. The monoisotopic (exact) mass is 469 g/mol. The summed E-state index contributed by atoms with van der Waals surface area (Å²) >= 11 is 0. The highest BCUT2D eigenvalue weighted by molar-refractivity contribution is 5.51. The fraction of sp³-hybridized carbons (Fsp3) is 0.438. The lowest BCUT2D eigenvalue weighted by atomic mass is 9.70. The molecule has 0 spiro atoms. The van der Waals surface area contributed by atoms with E-state index in [1.54, 1.807) is 7.11 Å². The first-order chi connectivity index (χ1) is 17.2. The molecule has 0 amide bonds. The molecule has 0 bridgehead atoms. The van der Waals surface area contributed by atoms with E-state index in [2.05, 4.69) is 85.5 Å². The molecule has 2 atom stereocenters. The third-order valence-electron chi connectivity index (χ3n) is 8.17. The van der Waals surface area contributed by atoms with Crippen LogP contribution in [-0.2, 0) is 6.42 Å². The molecule has 3 aliphatic rings. The number of piperidine rings is 1. The molecule has 184 valence electrons. The topological polar surface area (TPSA) is 21.7 Å². The molecule has 0 saturated carbocycles. The first-order valence-corrected chi connectivity index (χ1v) is 13.4. The number of rotatable bonds is 6. The van der Waals surface area contributed by atoms with Crippen molar-refractivity contribution < 1.29 is 9.47 Å². The van der Waals surface area contributed by atoms with Crippen molar-refractivity contribution in [3.05, 3.63) is 94.5 Å². The fourth-order valence-electron chi connectivity index (χ4n) is 6.08. The van der Waals surface area contributed by atoms with Gasteiger partial charge in [0.25, 0.3) is 0 Å². The average molecular weight is 470 g/mol. The number of hydrogen-bond donors (Lipinski definition) is 0. The highest BCUT2D eigenvalue weighted by Gasteiger charge is 2.35. The van der Waals surface area contributed by atoms with Crippen LogP contribution in [0.15, 0.2) is 66.7 Å². The molecular formula is C32H39NO2. The highest BCUT2D eigenvalue weighted by atomic mass is 16.5. The SMILES string of the molecule is C1CN2CCC12.CCOc1c(C)cccc1C(c1ccc(OC)cc1)C1CCCc2ccccc21. The zero-order chi connectivity index (χ0) is 24.2. The number of benzene rings is 3. The summed E-state index contributed by atoms with van der Waals surface area (Å²) in [7, 11) is 1.72. The first kappa shape index (κ1) is 23.9. The van der Waals surface area contributed by atoms with Gasteiger partial charge in [0.05, 0.1) is 13.7 Å². The van der Waals surface area contributed by atoms with Gasteiger partial charge < -0.3 is 14.4 Å². The van der Waals surface area contributed by atoms with E-state index in [1.165, 1.54) is 73.0 Å². The second kappa shape index (κ2) is 10.9. The Kier molecular flexibility index (Phi) is 7.43. The maximum absolute atomic E-state index is 6.17. The van der Waals surface area contributed by atoms with Crippen molar-refractivity contribution in [3.8, 4) is 11.5 Å². The van der Waals surface area contributed by atoms with Crippen LogP contribution in [0.5, 0.6) is 11.5 Å². The second-order valence-electron chi connectivity index (χ2n) is 10.1. The number of aryl methyl sites for hydroxylation is 2. The highest BCUT2D eigenvalue weighted by Crippen LogP contribution is 2.48. The Bertz CT molecular complexity index is 1100. The second-order valence-corrected chi connectivity index (χ2v) is 10.1. The van der Waals surface area contributed by atoms with E-state index in [4.69, 9.17) is 9.47 Å². The Labute approximate surface area is 211 Å². The third kappa shape index (κ3) is 4.97. The molecule has 3 nitrogen and oxygen atoms in total. The van der Waals surface area contributed by atoms with Crippen LogP contribution in [0.1, 0.15) is 72.3 Å². The number of fused-ring (bicyclic) bond motifs is 2. The maximum atomic E-state index is 6.17. The molecule has 2 unspecified atom stereocenters. The van der Waals surface area contributed by atoms with E-state index in [-0.39, 0.29) is 5.92 Å². The van der Waals surface area contributed by atoms with E-state index < -0.39 is 0 Å². The molecule has 2 fully saturated rings. The minimum Gasteiger partial charge on any atom is -0.497 e. The quantitative estimate of drug-likeness (QED) is 0.384. The Morgan fingerprint density at radius 2 is 1.66 bits per heavy atom. The molecule has 3 aromatic carbocycles. The average Bonchev–Trinajstić information content (AvgIpc) is 2.89. The van der Waals surface area contributed by atoms with Crippen molar-refractivity contribution in [1.29, 1.82) is 0 Å². The molecule has 2 saturated heterocycles. The van der Waals surface area contributed by atoms with E-state index in [1.807, 2.05) is 0 Å². The molecule has 0 N–H and O–H groups in total. The summed E-state index contributed by atoms with van der Waals surface area (Å²) in [5.41, 5.74) is 6.79. The van der Waals surface area contributed by atoms with Gasteiger partial charge in [-0.3, -0.25) is 0 Å². The van der Waals surface area contributed by atoms with Crippen molar-refractivity contribution in [2.45, 2.75) is 63.8 Å².